The first-order valence-corrected chi connectivity index (χ1v) is 8.86. The van der Waals surface area contributed by atoms with Crippen LogP contribution in [0.5, 0.6) is 5.75 Å². The van der Waals surface area contributed by atoms with E-state index in [1.165, 1.54) is 0 Å². The normalized spacial score (nSPS) is 17.4. The number of rotatable bonds is 8. The molecular formula is C19H28N2O3. The maximum atomic E-state index is 12.4. The Labute approximate surface area is 144 Å². The molecule has 0 bridgehead atoms. The van der Waals surface area contributed by atoms with Crippen molar-refractivity contribution in [2.75, 3.05) is 18.0 Å². The summed E-state index contributed by atoms with van der Waals surface area (Å²) in [6, 6.07) is 7.51. The maximum absolute atomic E-state index is 12.4. The minimum absolute atomic E-state index is 0.0239. The fraction of sp³-hybridized carbons (Fsp3) is 0.579. The van der Waals surface area contributed by atoms with Crippen molar-refractivity contribution in [2.24, 2.45) is 5.92 Å². The van der Waals surface area contributed by atoms with Gasteiger partial charge < -0.3 is 15.0 Å². The number of carbonyl (C=O) groups is 2. The number of unbranched alkanes of at least 4 members (excludes halogenated alkanes) is 2. The molecule has 5 nitrogen and oxygen atoms in total. The molecule has 0 saturated carbocycles. The number of amides is 2. The van der Waals surface area contributed by atoms with E-state index in [1.807, 2.05) is 38.1 Å². The number of ether oxygens (including phenoxy) is 1. The topological polar surface area (TPSA) is 58.6 Å². The van der Waals surface area contributed by atoms with E-state index in [-0.39, 0.29) is 30.3 Å². The molecule has 2 amide bonds. The largest absolute Gasteiger partial charge is 0.489 e. The molecule has 1 aromatic rings. The summed E-state index contributed by atoms with van der Waals surface area (Å²) >= 11 is 0. The highest BCUT2D eigenvalue weighted by atomic mass is 16.5. The van der Waals surface area contributed by atoms with Gasteiger partial charge in [0.05, 0.1) is 17.7 Å². The lowest BCUT2D eigenvalue weighted by atomic mass is 10.1. The van der Waals surface area contributed by atoms with Gasteiger partial charge in [-0.05, 0) is 32.4 Å². The van der Waals surface area contributed by atoms with Gasteiger partial charge in [-0.2, -0.15) is 0 Å². The Balaban J connectivity index is 2.01. The summed E-state index contributed by atoms with van der Waals surface area (Å²) < 4.78 is 5.80. The van der Waals surface area contributed by atoms with Gasteiger partial charge in [0.1, 0.15) is 5.75 Å². The van der Waals surface area contributed by atoms with Crippen LogP contribution in [0.2, 0.25) is 0 Å². The summed E-state index contributed by atoms with van der Waals surface area (Å²) in [4.78, 5) is 26.3. The van der Waals surface area contributed by atoms with E-state index in [0.717, 1.165) is 24.9 Å². The molecular weight excluding hydrogens is 304 g/mol. The molecule has 1 aliphatic rings. The fourth-order valence-corrected chi connectivity index (χ4v) is 2.88. The first-order chi connectivity index (χ1) is 11.5. The van der Waals surface area contributed by atoms with E-state index in [2.05, 4.69) is 12.2 Å². The molecule has 1 aliphatic heterocycles. The summed E-state index contributed by atoms with van der Waals surface area (Å²) in [5, 5.41) is 2.95. The van der Waals surface area contributed by atoms with Crippen molar-refractivity contribution in [3.05, 3.63) is 24.3 Å². The van der Waals surface area contributed by atoms with E-state index >= 15 is 0 Å². The van der Waals surface area contributed by atoms with Gasteiger partial charge in [-0.15, -0.1) is 0 Å². The van der Waals surface area contributed by atoms with Gasteiger partial charge in [-0.3, -0.25) is 9.59 Å². The van der Waals surface area contributed by atoms with Gasteiger partial charge in [0.2, 0.25) is 11.8 Å². The molecule has 1 N–H and O–H groups in total. The Morgan fingerprint density at radius 1 is 1.33 bits per heavy atom. The first kappa shape index (κ1) is 18.3. The van der Waals surface area contributed by atoms with Crippen molar-refractivity contribution >= 4 is 17.5 Å². The molecule has 1 atom stereocenters. The molecule has 1 saturated heterocycles. The minimum Gasteiger partial charge on any atom is -0.489 e. The van der Waals surface area contributed by atoms with Crippen LogP contribution in [0.3, 0.4) is 0 Å². The Bertz CT molecular complexity index is 571. The maximum Gasteiger partial charge on any atom is 0.227 e. The van der Waals surface area contributed by atoms with Crippen LogP contribution in [0, 0.1) is 5.92 Å². The summed E-state index contributed by atoms with van der Waals surface area (Å²) in [5.74, 6) is 0.351. The van der Waals surface area contributed by atoms with Gasteiger partial charge >= 0.3 is 0 Å². The van der Waals surface area contributed by atoms with Gasteiger partial charge in [0, 0.05) is 19.5 Å². The zero-order chi connectivity index (χ0) is 17.5. The van der Waals surface area contributed by atoms with Crippen molar-refractivity contribution in [1.82, 2.24) is 5.32 Å². The minimum atomic E-state index is -0.286. The predicted molar refractivity (Wildman–Crippen MR) is 95.2 cm³/mol. The molecule has 132 valence electrons. The second kappa shape index (κ2) is 8.71. The number of anilines is 1. The molecule has 1 unspecified atom stereocenters. The van der Waals surface area contributed by atoms with Crippen molar-refractivity contribution in [1.29, 1.82) is 0 Å². The lowest BCUT2D eigenvalue weighted by Crippen LogP contribution is -2.33. The van der Waals surface area contributed by atoms with Gasteiger partial charge in [0.25, 0.3) is 0 Å². The van der Waals surface area contributed by atoms with E-state index in [0.29, 0.717) is 18.8 Å². The third kappa shape index (κ3) is 4.73. The predicted octanol–water partition coefficient (Wildman–Crippen LogP) is 3.13. The van der Waals surface area contributed by atoms with Crippen LogP contribution in [0.25, 0.3) is 0 Å². The first-order valence-electron chi connectivity index (χ1n) is 8.86. The van der Waals surface area contributed by atoms with Crippen molar-refractivity contribution in [3.8, 4) is 5.75 Å². The quantitative estimate of drug-likeness (QED) is 0.744. The van der Waals surface area contributed by atoms with Gasteiger partial charge in [-0.1, -0.05) is 31.9 Å². The summed E-state index contributed by atoms with van der Waals surface area (Å²) in [7, 11) is 0. The zero-order valence-electron chi connectivity index (χ0n) is 14.9. The molecule has 0 radical (unpaired) electrons. The van der Waals surface area contributed by atoms with Crippen LogP contribution >= 0.6 is 0 Å². The van der Waals surface area contributed by atoms with Gasteiger partial charge in [-0.25, -0.2) is 0 Å². The summed E-state index contributed by atoms with van der Waals surface area (Å²) in [5.41, 5.74) is 0.748. The van der Waals surface area contributed by atoms with Crippen LogP contribution in [0.15, 0.2) is 24.3 Å². The van der Waals surface area contributed by atoms with Crippen LogP contribution in [-0.4, -0.2) is 31.0 Å². The smallest absolute Gasteiger partial charge is 0.227 e. The molecule has 0 aliphatic carbocycles. The van der Waals surface area contributed by atoms with Crippen LogP contribution in [0.1, 0.15) is 46.5 Å². The molecule has 2 rings (SSSR count). The van der Waals surface area contributed by atoms with Crippen LogP contribution < -0.4 is 15.0 Å². The molecule has 0 spiro atoms. The Morgan fingerprint density at radius 2 is 2.08 bits per heavy atom. The Hall–Kier alpha value is -2.04. The number of para-hydroxylation sites is 2. The van der Waals surface area contributed by atoms with Crippen LogP contribution in [0.4, 0.5) is 5.69 Å². The monoisotopic (exact) mass is 332 g/mol. The third-order valence-corrected chi connectivity index (χ3v) is 4.09. The standard InChI is InChI=1S/C19H28N2O3/c1-4-5-8-11-20-19(23)15-12-18(22)21(13-15)16-9-6-7-10-17(16)24-14(2)3/h6-7,9-10,14-15H,4-5,8,11-13H2,1-3H3,(H,20,23). The fourth-order valence-electron chi connectivity index (χ4n) is 2.88. The molecule has 1 heterocycles. The highest BCUT2D eigenvalue weighted by Gasteiger charge is 2.36. The lowest BCUT2D eigenvalue weighted by Gasteiger charge is -2.21. The van der Waals surface area contributed by atoms with E-state index in [9.17, 15) is 9.59 Å². The van der Waals surface area contributed by atoms with E-state index < -0.39 is 0 Å². The number of nitrogens with one attached hydrogen (secondary N) is 1. The number of benzene rings is 1. The molecule has 24 heavy (non-hydrogen) atoms. The summed E-state index contributed by atoms with van der Waals surface area (Å²) in [6.07, 6.45) is 3.50. The number of hydrogen-bond donors (Lipinski definition) is 1. The Kier molecular flexibility index (Phi) is 6.64. The Morgan fingerprint density at radius 3 is 2.79 bits per heavy atom. The second-order valence-electron chi connectivity index (χ2n) is 6.54. The lowest BCUT2D eigenvalue weighted by molar-refractivity contribution is -0.126. The average molecular weight is 332 g/mol. The molecule has 5 heteroatoms. The van der Waals surface area contributed by atoms with Crippen molar-refractivity contribution in [2.45, 2.75) is 52.6 Å². The SMILES string of the molecule is CCCCCNC(=O)C1CC(=O)N(c2ccccc2OC(C)C)C1. The van der Waals surface area contributed by atoms with E-state index in [1.54, 1.807) is 4.90 Å². The average Bonchev–Trinajstić information content (AvgIpc) is 2.93. The number of hydrogen-bond acceptors (Lipinski definition) is 3. The second-order valence-corrected chi connectivity index (χ2v) is 6.54. The van der Waals surface area contributed by atoms with Gasteiger partial charge in [0.15, 0.2) is 0 Å². The summed E-state index contributed by atoms with van der Waals surface area (Å²) in [6.45, 7) is 7.14. The zero-order valence-corrected chi connectivity index (χ0v) is 14.9. The molecule has 0 aromatic heterocycles. The van der Waals surface area contributed by atoms with Crippen molar-refractivity contribution in [3.63, 3.8) is 0 Å². The molecule has 1 fully saturated rings. The number of carbonyl (C=O) groups excluding carboxylic acids is 2. The number of nitrogens with zero attached hydrogens (tertiary/aromatic N) is 1. The van der Waals surface area contributed by atoms with E-state index in [4.69, 9.17) is 4.74 Å². The highest BCUT2D eigenvalue weighted by molar-refractivity contribution is 6.01. The molecule has 1 aromatic carbocycles. The third-order valence-electron chi connectivity index (χ3n) is 4.09. The van der Waals surface area contributed by atoms with Crippen molar-refractivity contribution < 1.29 is 14.3 Å². The van der Waals surface area contributed by atoms with Crippen LogP contribution in [-0.2, 0) is 9.59 Å². The highest BCUT2D eigenvalue weighted by Crippen LogP contribution is 2.33.